The van der Waals surface area contributed by atoms with Crippen molar-refractivity contribution >= 4 is 28.8 Å². The van der Waals surface area contributed by atoms with Gasteiger partial charge in [0.15, 0.2) is 5.82 Å². The van der Waals surface area contributed by atoms with E-state index in [9.17, 15) is 0 Å². The molecule has 5 heteroatoms. The summed E-state index contributed by atoms with van der Waals surface area (Å²) in [6, 6.07) is 13.1. The van der Waals surface area contributed by atoms with Gasteiger partial charge >= 0.3 is 0 Å². The van der Waals surface area contributed by atoms with E-state index in [1.807, 2.05) is 47.9 Å². The van der Waals surface area contributed by atoms with Crippen LogP contribution in [0.25, 0.3) is 5.65 Å². The number of benzene rings is 1. The molecule has 2 heterocycles. The van der Waals surface area contributed by atoms with Crippen molar-refractivity contribution in [3.63, 3.8) is 0 Å². The molecule has 19 heavy (non-hydrogen) atoms. The Morgan fingerprint density at radius 3 is 2.63 bits per heavy atom. The lowest BCUT2D eigenvalue weighted by Crippen LogP contribution is -1.80. The van der Waals surface area contributed by atoms with Crippen LogP contribution in [0, 0.1) is 6.92 Å². The molecule has 0 saturated carbocycles. The van der Waals surface area contributed by atoms with Gasteiger partial charge in [-0.25, -0.2) is 4.98 Å². The van der Waals surface area contributed by atoms with E-state index in [0.717, 1.165) is 22.8 Å². The second-order valence-corrected chi connectivity index (χ2v) is 4.56. The maximum absolute atomic E-state index is 5.83. The van der Waals surface area contributed by atoms with Crippen LogP contribution < -0.4 is 0 Å². The molecular weight excluding hydrogens is 260 g/mol. The summed E-state index contributed by atoms with van der Waals surface area (Å²) in [7, 11) is 0. The molecule has 0 bridgehead atoms. The van der Waals surface area contributed by atoms with Crippen molar-refractivity contribution in [2.24, 2.45) is 10.2 Å². The van der Waals surface area contributed by atoms with E-state index >= 15 is 0 Å². The first-order valence-electron chi connectivity index (χ1n) is 5.85. The third kappa shape index (κ3) is 2.35. The molecule has 0 saturated heterocycles. The Hall–Kier alpha value is -2.20. The molecule has 0 N–H and O–H groups in total. The molecule has 0 radical (unpaired) electrons. The summed E-state index contributed by atoms with van der Waals surface area (Å²) in [6.07, 6.45) is 1.92. The summed E-state index contributed by atoms with van der Waals surface area (Å²) in [4.78, 5) is 4.43. The monoisotopic (exact) mass is 270 g/mol. The fourth-order valence-electron chi connectivity index (χ4n) is 1.83. The fraction of sp³-hybridized carbons (Fsp3) is 0.0714. The van der Waals surface area contributed by atoms with Gasteiger partial charge in [-0.05, 0) is 43.3 Å². The van der Waals surface area contributed by atoms with Crippen LogP contribution >= 0.6 is 11.6 Å². The summed E-state index contributed by atoms with van der Waals surface area (Å²) >= 11 is 5.83. The predicted octanol–water partition coefficient (Wildman–Crippen LogP) is 4.71. The molecule has 2 aromatic heterocycles. The van der Waals surface area contributed by atoms with Gasteiger partial charge in [-0.15, -0.1) is 10.2 Å². The van der Waals surface area contributed by atoms with E-state index in [1.165, 1.54) is 0 Å². The number of imidazole rings is 1. The first kappa shape index (κ1) is 11.9. The van der Waals surface area contributed by atoms with E-state index in [1.54, 1.807) is 12.1 Å². The van der Waals surface area contributed by atoms with Crippen molar-refractivity contribution in [2.45, 2.75) is 6.92 Å². The van der Waals surface area contributed by atoms with E-state index < -0.39 is 0 Å². The van der Waals surface area contributed by atoms with Crippen molar-refractivity contribution in [3.05, 3.63) is 59.4 Å². The molecule has 3 rings (SSSR count). The Kier molecular flexibility index (Phi) is 3.01. The van der Waals surface area contributed by atoms with E-state index in [2.05, 4.69) is 15.2 Å². The van der Waals surface area contributed by atoms with Crippen molar-refractivity contribution in [1.82, 2.24) is 9.38 Å². The van der Waals surface area contributed by atoms with Crippen LogP contribution in [-0.4, -0.2) is 9.38 Å². The highest BCUT2D eigenvalue weighted by atomic mass is 35.5. The average molecular weight is 271 g/mol. The molecule has 0 aliphatic heterocycles. The third-order valence-electron chi connectivity index (χ3n) is 2.76. The van der Waals surface area contributed by atoms with Crippen molar-refractivity contribution in [2.75, 3.05) is 0 Å². The number of aryl methyl sites for hydroxylation is 1. The lowest BCUT2D eigenvalue weighted by Gasteiger charge is -1.95. The fourth-order valence-corrected chi connectivity index (χ4v) is 1.96. The van der Waals surface area contributed by atoms with Gasteiger partial charge in [0.25, 0.3) is 0 Å². The second-order valence-electron chi connectivity index (χ2n) is 4.13. The molecule has 0 unspecified atom stereocenters. The van der Waals surface area contributed by atoms with Crippen molar-refractivity contribution in [3.8, 4) is 0 Å². The minimum atomic E-state index is 0.685. The number of pyridine rings is 1. The Balaban J connectivity index is 2.01. The standard InChI is InChI=1S/C14H11ClN4/c1-10-14(19-9-3-2-4-13(19)16-10)18-17-12-7-5-11(15)6-8-12/h2-9H,1H3. The van der Waals surface area contributed by atoms with Crippen molar-refractivity contribution in [1.29, 1.82) is 0 Å². The van der Waals surface area contributed by atoms with E-state index in [-0.39, 0.29) is 0 Å². The van der Waals surface area contributed by atoms with Gasteiger partial charge in [0.1, 0.15) is 5.65 Å². The summed E-state index contributed by atoms with van der Waals surface area (Å²) in [5.74, 6) is 0.741. The van der Waals surface area contributed by atoms with Gasteiger partial charge in [0.2, 0.25) is 0 Å². The Morgan fingerprint density at radius 1 is 1.05 bits per heavy atom. The van der Waals surface area contributed by atoms with Crippen LogP contribution in [0.5, 0.6) is 0 Å². The summed E-state index contributed by atoms with van der Waals surface area (Å²) in [5.41, 5.74) is 2.48. The number of fused-ring (bicyclic) bond motifs is 1. The molecule has 1 aromatic carbocycles. The zero-order chi connectivity index (χ0) is 13.2. The zero-order valence-corrected chi connectivity index (χ0v) is 11.0. The third-order valence-corrected chi connectivity index (χ3v) is 3.01. The Labute approximate surface area is 115 Å². The van der Waals surface area contributed by atoms with Crippen LogP contribution in [0.2, 0.25) is 5.02 Å². The molecule has 0 fully saturated rings. The smallest absolute Gasteiger partial charge is 0.182 e. The summed E-state index contributed by atoms with van der Waals surface area (Å²) in [6.45, 7) is 1.92. The second kappa shape index (κ2) is 4.82. The predicted molar refractivity (Wildman–Crippen MR) is 75.6 cm³/mol. The maximum atomic E-state index is 5.83. The minimum absolute atomic E-state index is 0.685. The molecule has 3 aromatic rings. The Bertz CT molecular complexity index is 744. The largest absolute Gasteiger partial charge is 0.283 e. The van der Waals surface area contributed by atoms with Crippen molar-refractivity contribution < 1.29 is 0 Å². The first-order valence-corrected chi connectivity index (χ1v) is 6.23. The van der Waals surface area contributed by atoms with Gasteiger partial charge in [0.05, 0.1) is 11.4 Å². The van der Waals surface area contributed by atoms with Crippen LogP contribution in [0.15, 0.2) is 58.9 Å². The van der Waals surface area contributed by atoms with Gasteiger partial charge < -0.3 is 0 Å². The highest BCUT2D eigenvalue weighted by Gasteiger charge is 2.06. The molecule has 0 aliphatic carbocycles. The summed E-state index contributed by atoms with van der Waals surface area (Å²) in [5, 5.41) is 9.17. The molecule has 0 spiro atoms. The number of hydrogen-bond acceptors (Lipinski definition) is 3. The topological polar surface area (TPSA) is 42.0 Å². The zero-order valence-electron chi connectivity index (χ0n) is 10.3. The number of rotatable bonds is 2. The number of hydrogen-bond donors (Lipinski definition) is 0. The van der Waals surface area contributed by atoms with Crippen LogP contribution in [0.3, 0.4) is 0 Å². The van der Waals surface area contributed by atoms with Crippen LogP contribution in [0.1, 0.15) is 5.69 Å². The highest BCUT2D eigenvalue weighted by molar-refractivity contribution is 6.30. The van der Waals surface area contributed by atoms with Crippen LogP contribution in [0.4, 0.5) is 11.5 Å². The first-order chi connectivity index (χ1) is 9.24. The highest BCUT2D eigenvalue weighted by Crippen LogP contribution is 2.24. The number of nitrogens with zero attached hydrogens (tertiary/aromatic N) is 4. The van der Waals surface area contributed by atoms with Gasteiger partial charge in [-0.1, -0.05) is 17.7 Å². The SMILES string of the molecule is Cc1nc2ccccn2c1N=Nc1ccc(Cl)cc1. The van der Waals surface area contributed by atoms with E-state index in [4.69, 9.17) is 11.6 Å². The quantitative estimate of drug-likeness (QED) is 0.622. The summed E-state index contributed by atoms with van der Waals surface area (Å²) < 4.78 is 1.91. The number of aromatic nitrogens is 2. The molecule has 4 nitrogen and oxygen atoms in total. The van der Waals surface area contributed by atoms with Crippen LogP contribution in [-0.2, 0) is 0 Å². The molecule has 0 aliphatic rings. The van der Waals surface area contributed by atoms with Gasteiger partial charge in [-0.2, -0.15) is 0 Å². The lowest BCUT2D eigenvalue weighted by atomic mass is 10.3. The molecule has 0 amide bonds. The van der Waals surface area contributed by atoms with E-state index in [0.29, 0.717) is 5.02 Å². The lowest BCUT2D eigenvalue weighted by molar-refractivity contribution is 1.09. The number of azo groups is 1. The normalized spacial score (nSPS) is 11.5. The maximum Gasteiger partial charge on any atom is 0.182 e. The Morgan fingerprint density at radius 2 is 1.84 bits per heavy atom. The molecule has 94 valence electrons. The average Bonchev–Trinajstić information content (AvgIpc) is 2.74. The van der Waals surface area contributed by atoms with Gasteiger partial charge in [-0.3, -0.25) is 4.40 Å². The van der Waals surface area contributed by atoms with Gasteiger partial charge in [0, 0.05) is 11.2 Å². The molecular formula is C14H11ClN4. The minimum Gasteiger partial charge on any atom is -0.283 e. The molecule has 0 atom stereocenters. The number of halogens is 1.